The SMILES string of the molecule is C/C=C(/C=N/N(C)C)CCC. The third kappa shape index (κ3) is 5.64. The summed E-state index contributed by atoms with van der Waals surface area (Å²) in [4.78, 5) is 0. The Kier molecular flexibility index (Phi) is 5.53. The zero-order chi connectivity index (χ0) is 8.69. The zero-order valence-electron chi connectivity index (χ0n) is 7.96. The molecule has 0 aliphatic carbocycles. The molecule has 0 saturated heterocycles. The summed E-state index contributed by atoms with van der Waals surface area (Å²) in [5.74, 6) is 0. The predicted molar refractivity (Wildman–Crippen MR) is 50.8 cm³/mol. The summed E-state index contributed by atoms with van der Waals surface area (Å²) in [6, 6.07) is 0. The summed E-state index contributed by atoms with van der Waals surface area (Å²) in [5.41, 5.74) is 1.31. The first kappa shape index (κ1) is 10.2. The van der Waals surface area contributed by atoms with Crippen LogP contribution in [0.1, 0.15) is 26.7 Å². The first-order valence-electron chi connectivity index (χ1n) is 4.07. The third-order valence-electron chi connectivity index (χ3n) is 1.36. The van der Waals surface area contributed by atoms with E-state index in [1.807, 2.05) is 27.2 Å². The van der Waals surface area contributed by atoms with Crippen molar-refractivity contribution in [2.45, 2.75) is 26.7 Å². The fourth-order valence-corrected chi connectivity index (χ4v) is 0.762. The van der Waals surface area contributed by atoms with Crippen LogP contribution in [0.15, 0.2) is 16.8 Å². The van der Waals surface area contributed by atoms with Gasteiger partial charge in [0.25, 0.3) is 0 Å². The molecule has 0 radical (unpaired) electrons. The first-order valence-corrected chi connectivity index (χ1v) is 4.07. The van der Waals surface area contributed by atoms with E-state index >= 15 is 0 Å². The molecule has 0 unspecified atom stereocenters. The number of hydrogen-bond acceptors (Lipinski definition) is 2. The quantitative estimate of drug-likeness (QED) is 0.448. The molecular weight excluding hydrogens is 136 g/mol. The highest BCUT2D eigenvalue weighted by molar-refractivity contribution is 5.77. The van der Waals surface area contributed by atoms with E-state index in [4.69, 9.17) is 0 Å². The molecule has 0 aromatic heterocycles. The zero-order valence-corrected chi connectivity index (χ0v) is 7.96. The molecule has 0 aliphatic heterocycles. The van der Waals surface area contributed by atoms with Crippen molar-refractivity contribution in [2.75, 3.05) is 14.1 Å². The molecule has 0 aromatic carbocycles. The minimum atomic E-state index is 1.12. The van der Waals surface area contributed by atoms with Gasteiger partial charge in [0, 0.05) is 20.3 Å². The molecule has 0 N–H and O–H groups in total. The lowest BCUT2D eigenvalue weighted by molar-refractivity contribution is 0.440. The van der Waals surface area contributed by atoms with E-state index in [1.54, 1.807) is 5.01 Å². The lowest BCUT2D eigenvalue weighted by Crippen LogP contribution is -2.02. The van der Waals surface area contributed by atoms with Crippen LogP contribution in [0.2, 0.25) is 0 Å². The van der Waals surface area contributed by atoms with Crippen LogP contribution < -0.4 is 0 Å². The Labute approximate surface area is 69.6 Å². The number of nitrogens with zero attached hydrogens (tertiary/aromatic N) is 2. The molecule has 0 aromatic rings. The molecule has 0 amide bonds. The van der Waals surface area contributed by atoms with Gasteiger partial charge in [0.1, 0.15) is 0 Å². The van der Waals surface area contributed by atoms with Gasteiger partial charge in [-0.2, -0.15) is 5.10 Å². The van der Waals surface area contributed by atoms with Gasteiger partial charge in [-0.1, -0.05) is 19.4 Å². The molecule has 0 heterocycles. The number of allylic oxidation sites excluding steroid dienone is 2. The highest BCUT2D eigenvalue weighted by atomic mass is 15.4. The van der Waals surface area contributed by atoms with Crippen LogP contribution in [0, 0.1) is 0 Å². The summed E-state index contributed by atoms with van der Waals surface area (Å²) in [7, 11) is 3.85. The second-order valence-electron chi connectivity index (χ2n) is 2.71. The van der Waals surface area contributed by atoms with E-state index in [9.17, 15) is 0 Å². The van der Waals surface area contributed by atoms with Gasteiger partial charge < -0.3 is 5.01 Å². The van der Waals surface area contributed by atoms with E-state index < -0.39 is 0 Å². The molecule has 0 aliphatic rings. The fourth-order valence-electron chi connectivity index (χ4n) is 0.762. The standard InChI is InChI=1S/C9H18N2/c1-5-7-9(6-2)8-10-11(3)4/h6,8H,5,7H2,1-4H3/b9-6+,10-8+. The minimum Gasteiger partial charge on any atom is -0.303 e. The second kappa shape index (κ2) is 5.96. The van der Waals surface area contributed by atoms with Crippen LogP contribution in [0.4, 0.5) is 0 Å². The van der Waals surface area contributed by atoms with Crippen molar-refractivity contribution in [3.05, 3.63) is 11.6 Å². The molecule has 0 saturated carbocycles. The molecule has 11 heavy (non-hydrogen) atoms. The van der Waals surface area contributed by atoms with Crippen LogP contribution in [0.5, 0.6) is 0 Å². The van der Waals surface area contributed by atoms with E-state index in [0.29, 0.717) is 0 Å². The van der Waals surface area contributed by atoms with Gasteiger partial charge in [0.2, 0.25) is 0 Å². The molecule has 0 rings (SSSR count). The normalized spacial score (nSPS) is 12.5. The third-order valence-corrected chi connectivity index (χ3v) is 1.36. The van der Waals surface area contributed by atoms with Crippen LogP contribution in [0.25, 0.3) is 0 Å². The average Bonchev–Trinajstić information content (AvgIpc) is 1.97. The van der Waals surface area contributed by atoms with Gasteiger partial charge in [0.05, 0.1) is 0 Å². The number of hydrazone groups is 1. The number of hydrogen-bond donors (Lipinski definition) is 0. The lowest BCUT2D eigenvalue weighted by atomic mass is 10.1. The van der Waals surface area contributed by atoms with Crippen LogP contribution >= 0.6 is 0 Å². The predicted octanol–water partition coefficient (Wildman–Crippen LogP) is 2.28. The fraction of sp³-hybridized carbons (Fsp3) is 0.667. The largest absolute Gasteiger partial charge is 0.303 e. The maximum Gasteiger partial charge on any atom is 0.0498 e. The maximum absolute atomic E-state index is 4.15. The van der Waals surface area contributed by atoms with Gasteiger partial charge in [-0.3, -0.25) is 0 Å². The minimum absolute atomic E-state index is 1.12. The summed E-state index contributed by atoms with van der Waals surface area (Å²) in [6.07, 6.45) is 6.33. The summed E-state index contributed by atoms with van der Waals surface area (Å²) < 4.78 is 0. The molecule has 0 bridgehead atoms. The molecule has 2 nitrogen and oxygen atoms in total. The molecule has 64 valence electrons. The Balaban J connectivity index is 3.88. The van der Waals surface area contributed by atoms with Crippen LogP contribution in [-0.4, -0.2) is 25.3 Å². The monoisotopic (exact) mass is 154 g/mol. The second-order valence-corrected chi connectivity index (χ2v) is 2.71. The Morgan fingerprint density at radius 1 is 1.45 bits per heavy atom. The van der Waals surface area contributed by atoms with E-state index in [-0.39, 0.29) is 0 Å². The van der Waals surface area contributed by atoms with Gasteiger partial charge in [-0.05, 0) is 18.9 Å². The Morgan fingerprint density at radius 3 is 2.45 bits per heavy atom. The van der Waals surface area contributed by atoms with Gasteiger partial charge >= 0.3 is 0 Å². The molecule has 0 atom stereocenters. The molecule has 2 heteroatoms. The lowest BCUT2D eigenvalue weighted by Gasteiger charge is -2.03. The van der Waals surface area contributed by atoms with E-state index in [1.165, 1.54) is 12.0 Å². The smallest absolute Gasteiger partial charge is 0.0498 e. The molecular formula is C9H18N2. The van der Waals surface area contributed by atoms with Crippen molar-refractivity contribution < 1.29 is 0 Å². The van der Waals surface area contributed by atoms with E-state index in [0.717, 1.165) is 6.42 Å². The first-order chi connectivity index (χ1) is 5.20. The average molecular weight is 154 g/mol. The summed E-state index contributed by atoms with van der Waals surface area (Å²) >= 11 is 0. The van der Waals surface area contributed by atoms with Crippen LogP contribution in [-0.2, 0) is 0 Å². The summed E-state index contributed by atoms with van der Waals surface area (Å²) in [6.45, 7) is 4.22. The van der Waals surface area contributed by atoms with Crippen molar-refractivity contribution in [1.29, 1.82) is 0 Å². The van der Waals surface area contributed by atoms with Crippen molar-refractivity contribution in [1.82, 2.24) is 5.01 Å². The highest BCUT2D eigenvalue weighted by Gasteiger charge is 1.88. The maximum atomic E-state index is 4.15. The van der Waals surface area contributed by atoms with Crippen molar-refractivity contribution in [3.8, 4) is 0 Å². The number of rotatable bonds is 4. The van der Waals surface area contributed by atoms with Crippen molar-refractivity contribution in [3.63, 3.8) is 0 Å². The van der Waals surface area contributed by atoms with Crippen LogP contribution in [0.3, 0.4) is 0 Å². The topological polar surface area (TPSA) is 15.6 Å². The van der Waals surface area contributed by atoms with Gasteiger partial charge in [-0.15, -0.1) is 0 Å². The summed E-state index contributed by atoms with van der Waals surface area (Å²) in [5, 5.41) is 5.96. The Morgan fingerprint density at radius 2 is 2.09 bits per heavy atom. The van der Waals surface area contributed by atoms with Gasteiger partial charge in [-0.25, -0.2) is 0 Å². The van der Waals surface area contributed by atoms with Gasteiger partial charge in [0.15, 0.2) is 0 Å². The molecule has 0 spiro atoms. The Hall–Kier alpha value is -0.790. The van der Waals surface area contributed by atoms with Crippen molar-refractivity contribution in [2.24, 2.45) is 5.10 Å². The van der Waals surface area contributed by atoms with Crippen molar-refractivity contribution >= 4 is 6.21 Å². The Bertz CT molecular complexity index is 146. The highest BCUT2D eigenvalue weighted by Crippen LogP contribution is 2.00. The van der Waals surface area contributed by atoms with E-state index in [2.05, 4.69) is 18.1 Å². The molecule has 0 fully saturated rings.